The van der Waals surface area contributed by atoms with Crippen molar-refractivity contribution < 1.29 is 19.1 Å². The Balaban J connectivity index is 1.47. The summed E-state index contributed by atoms with van der Waals surface area (Å²) in [6.45, 7) is 7.61. The number of fused-ring (bicyclic) bond motifs is 3. The molecule has 4 rings (SSSR count). The molecule has 0 spiro atoms. The largest absolute Gasteiger partial charge is 0.497 e. The fourth-order valence-corrected chi connectivity index (χ4v) is 3.96. The summed E-state index contributed by atoms with van der Waals surface area (Å²) in [5, 5.41) is 10.1. The molecule has 2 N–H and O–H groups in total. The third-order valence-corrected chi connectivity index (χ3v) is 5.21. The lowest BCUT2D eigenvalue weighted by atomic mass is 10.1. The van der Waals surface area contributed by atoms with Crippen LogP contribution in [-0.2, 0) is 11.3 Å². The summed E-state index contributed by atoms with van der Waals surface area (Å²) in [6.07, 6.45) is 0.897. The fourth-order valence-electron chi connectivity index (χ4n) is 3.96. The Kier molecular flexibility index (Phi) is 5.15. The van der Waals surface area contributed by atoms with Crippen LogP contribution in [0.4, 0.5) is 10.5 Å². The molecule has 0 aliphatic carbocycles. The highest BCUT2D eigenvalue weighted by atomic mass is 16.6. The van der Waals surface area contributed by atoms with E-state index in [1.54, 1.807) is 32.6 Å². The molecule has 9 nitrogen and oxygen atoms in total. The maximum Gasteiger partial charge on any atom is 0.412 e. The zero-order valence-electron chi connectivity index (χ0n) is 17.6. The van der Waals surface area contributed by atoms with Crippen LogP contribution >= 0.6 is 0 Å². The van der Waals surface area contributed by atoms with Crippen molar-refractivity contribution in [2.45, 2.75) is 45.0 Å². The Morgan fingerprint density at radius 3 is 2.67 bits per heavy atom. The van der Waals surface area contributed by atoms with Gasteiger partial charge in [0.15, 0.2) is 0 Å². The zero-order valence-corrected chi connectivity index (χ0v) is 17.6. The molecule has 3 heterocycles. The fraction of sp³-hybridized carbons (Fsp3) is 0.476. The normalized spacial score (nSPS) is 20.9. The maximum atomic E-state index is 12.7. The zero-order chi connectivity index (χ0) is 21.5. The molecule has 1 fully saturated rings. The number of nitrogens with zero attached hydrogens (tertiary/aromatic N) is 3. The number of aromatic nitrogens is 2. The van der Waals surface area contributed by atoms with E-state index in [0.29, 0.717) is 11.4 Å². The number of amides is 2. The molecule has 2 amide bonds. The van der Waals surface area contributed by atoms with E-state index in [0.717, 1.165) is 25.4 Å². The van der Waals surface area contributed by atoms with E-state index in [9.17, 15) is 9.59 Å². The first-order valence-corrected chi connectivity index (χ1v) is 9.97. The van der Waals surface area contributed by atoms with Gasteiger partial charge in [-0.1, -0.05) is 12.1 Å². The van der Waals surface area contributed by atoms with E-state index in [2.05, 4.69) is 20.6 Å². The number of carbonyl (C=O) groups is 2. The number of hydrogen-bond donors (Lipinski definition) is 2. The topological polar surface area (TPSA) is 97.7 Å². The maximum absolute atomic E-state index is 12.7. The van der Waals surface area contributed by atoms with Gasteiger partial charge in [-0.15, -0.1) is 0 Å². The summed E-state index contributed by atoms with van der Waals surface area (Å²) in [6, 6.07) is 7.95. The molecule has 2 aromatic rings. The monoisotopic (exact) mass is 413 g/mol. The van der Waals surface area contributed by atoms with E-state index in [-0.39, 0.29) is 18.0 Å². The van der Waals surface area contributed by atoms with Gasteiger partial charge in [-0.3, -0.25) is 19.7 Å². The van der Waals surface area contributed by atoms with Gasteiger partial charge in [-0.25, -0.2) is 4.79 Å². The van der Waals surface area contributed by atoms with Gasteiger partial charge < -0.3 is 14.8 Å². The van der Waals surface area contributed by atoms with Crippen molar-refractivity contribution in [2.24, 2.45) is 0 Å². The summed E-state index contributed by atoms with van der Waals surface area (Å²) in [5.74, 6) is 0.582. The second-order valence-corrected chi connectivity index (χ2v) is 8.67. The smallest absolute Gasteiger partial charge is 0.412 e. The Labute approximate surface area is 175 Å². The lowest BCUT2D eigenvalue weighted by Crippen LogP contribution is -2.47. The molecule has 0 unspecified atom stereocenters. The summed E-state index contributed by atoms with van der Waals surface area (Å²) in [4.78, 5) is 27.1. The van der Waals surface area contributed by atoms with E-state index < -0.39 is 11.7 Å². The third-order valence-electron chi connectivity index (χ3n) is 5.21. The minimum absolute atomic E-state index is 0.00475. The van der Waals surface area contributed by atoms with Gasteiger partial charge in [0.05, 0.1) is 31.1 Å². The lowest BCUT2D eigenvalue weighted by Gasteiger charge is -2.27. The van der Waals surface area contributed by atoms with Gasteiger partial charge in [0.25, 0.3) is 5.91 Å². The standard InChI is InChI=1S/C21H27N5O4/c1-21(2,3)30-20(28)24-15-9-22-26-17-12-25(11-16(17)23-19(27)18(15)26)10-13-5-7-14(29-4)8-6-13/h5-9,16-17H,10-12H2,1-4H3,(H,23,27)(H,24,28)/t16-,17+/m0/s1. The second-order valence-electron chi connectivity index (χ2n) is 8.67. The predicted molar refractivity (Wildman–Crippen MR) is 111 cm³/mol. The number of rotatable bonds is 4. The molecule has 0 radical (unpaired) electrons. The molecule has 0 saturated carbocycles. The van der Waals surface area contributed by atoms with Gasteiger partial charge >= 0.3 is 6.09 Å². The number of nitrogens with one attached hydrogen (secondary N) is 2. The highest BCUT2D eigenvalue weighted by molar-refractivity contribution is 6.02. The molecule has 1 aromatic carbocycles. The summed E-state index contributed by atoms with van der Waals surface area (Å²) in [5.41, 5.74) is 1.26. The van der Waals surface area contributed by atoms with Crippen LogP contribution in [0.3, 0.4) is 0 Å². The number of ether oxygens (including phenoxy) is 2. The number of benzene rings is 1. The van der Waals surface area contributed by atoms with Crippen LogP contribution in [-0.4, -0.2) is 58.5 Å². The minimum atomic E-state index is -0.627. The van der Waals surface area contributed by atoms with Crippen molar-refractivity contribution in [2.75, 3.05) is 25.5 Å². The number of hydrogen-bond acceptors (Lipinski definition) is 6. The SMILES string of the molecule is COc1ccc(CN2C[C@@H]3NC(=O)c4c(NC(=O)OC(C)(C)C)cnn4[C@@H]3C2)cc1. The predicted octanol–water partition coefficient (Wildman–Crippen LogP) is 2.41. The molecule has 1 saturated heterocycles. The molecule has 2 aliphatic heterocycles. The number of likely N-dealkylation sites (tertiary alicyclic amines) is 1. The molecule has 2 aliphatic rings. The van der Waals surface area contributed by atoms with E-state index in [4.69, 9.17) is 9.47 Å². The van der Waals surface area contributed by atoms with Crippen LogP contribution < -0.4 is 15.4 Å². The first-order chi connectivity index (χ1) is 14.2. The third kappa shape index (κ3) is 4.11. The molecule has 2 atom stereocenters. The Hall–Kier alpha value is -3.07. The van der Waals surface area contributed by atoms with Crippen molar-refractivity contribution in [1.29, 1.82) is 0 Å². The van der Waals surface area contributed by atoms with Crippen molar-refractivity contribution in [3.05, 3.63) is 41.7 Å². The van der Waals surface area contributed by atoms with Crippen molar-refractivity contribution in [3.63, 3.8) is 0 Å². The summed E-state index contributed by atoms with van der Waals surface area (Å²) in [7, 11) is 1.65. The van der Waals surface area contributed by atoms with Gasteiger partial charge in [0, 0.05) is 19.6 Å². The second kappa shape index (κ2) is 7.64. The molecule has 9 heteroatoms. The highest BCUT2D eigenvalue weighted by Gasteiger charge is 2.42. The van der Waals surface area contributed by atoms with Gasteiger partial charge in [0.1, 0.15) is 17.0 Å². The first kappa shape index (κ1) is 20.2. The first-order valence-electron chi connectivity index (χ1n) is 9.97. The average Bonchev–Trinajstić information content (AvgIpc) is 3.25. The van der Waals surface area contributed by atoms with E-state index >= 15 is 0 Å². The minimum Gasteiger partial charge on any atom is -0.497 e. The van der Waals surface area contributed by atoms with Gasteiger partial charge in [-0.05, 0) is 38.5 Å². The number of carbonyl (C=O) groups excluding carboxylic acids is 2. The van der Waals surface area contributed by atoms with Crippen molar-refractivity contribution in [3.8, 4) is 5.75 Å². The molecule has 30 heavy (non-hydrogen) atoms. The Morgan fingerprint density at radius 1 is 1.27 bits per heavy atom. The van der Waals surface area contributed by atoms with Crippen LogP contribution in [0.25, 0.3) is 0 Å². The van der Waals surface area contributed by atoms with Crippen LogP contribution in [0.15, 0.2) is 30.5 Å². The average molecular weight is 413 g/mol. The highest BCUT2D eigenvalue weighted by Crippen LogP contribution is 2.31. The molecular weight excluding hydrogens is 386 g/mol. The van der Waals surface area contributed by atoms with E-state index in [1.165, 1.54) is 11.8 Å². The molecule has 1 aromatic heterocycles. The number of anilines is 1. The van der Waals surface area contributed by atoms with E-state index in [1.807, 2.05) is 24.3 Å². The molecule has 0 bridgehead atoms. The molecule has 160 valence electrons. The Morgan fingerprint density at radius 2 is 2.00 bits per heavy atom. The van der Waals surface area contributed by atoms with Crippen molar-refractivity contribution >= 4 is 17.7 Å². The van der Waals surface area contributed by atoms with Crippen LogP contribution in [0.2, 0.25) is 0 Å². The van der Waals surface area contributed by atoms with Gasteiger partial charge in [0.2, 0.25) is 0 Å². The summed E-state index contributed by atoms with van der Waals surface area (Å²) >= 11 is 0. The Bertz CT molecular complexity index is 947. The van der Waals surface area contributed by atoms with Crippen molar-refractivity contribution in [1.82, 2.24) is 20.0 Å². The van der Waals surface area contributed by atoms with Crippen LogP contribution in [0, 0.1) is 0 Å². The number of methoxy groups -OCH3 is 1. The summed E-state index contributed by atoms with van der Waals surface area (Å²) < 4.78 is 12.2. The van der Waals surface area contributed by atoms with Crippen LogP contribution in [0.1, 0.15) is 42.9 Å². The quantitative estimate of drug-likeness (QED) is 0.799. The van der Waals surface area contributed by atoms with Crippen LogP contribution in [0.5, 0.6) is 5.75 Å². The van der Waals surface area contributed by atoms with Gasteiger partial charge in [-0.2, -0.15) is 5.10 Å². The lowest BCUT2D eigenvalue weighted by molar-refractivity contribution is 0.0636. The molecular formula is C21H27N5O4.